The van der Waals surface area contributed by atoms with Gasteiger partial charge in [-0.3, -0.25) is 9.48 Å². The molecule has 3 aromatic rings. The van der Waals surface area contributed by atoms with E-state index in [2.05, 4.69) is 54.6 Å². The van der Waals surface area contributed by atoms with Gasteiger partial charge in [0, 0.05) is 23.0 Å². The third-order valence-corrected chi connectivity index (χ3v) is 5.28. The first-order chi connectivity index (χ1) is 13.9. The van der Waals surface area contributed by atoms with Crippen LogP contribution < -0.4 is 5.32 Å². The van der Waals surface area contributed by atoms with Crippen LogP contribution in [-0.4, -0.2) is 15.7 Å². The summed E-state index contributed by atoms with van der Waals surface area (Å²) in [6.45, 7) is 10.9. The van der Waals surface area contributed by atoms with Gasteiger partial charge in [-0.1, -0.05) is 55.0 Å². The zero-order chi connectivity index (χ0) is 21.0. The number of carbonyl (C=O) groups excluding carboxylic acids is 1. The molecule has 1 N–H and O–H groups in total. The molecule has 4 heteroatoms. The van der Waals surface area contributed by atoms with Crippen molar-refractivity contribution in [3.05, 3.63) is 87.7 Å². The Balaban J connectivity index is 1.76. The molecular formula is C25H29N3O. The second-order valence-electron chi connectivity index (χ2n) is 7.51. The molecule has 0 atom stereocenters. The van der Waals surface area contributed by atoms with Gasteiger partial charge in [0.05, 0.1) is 12.2 Å². The number of para-hydroxylation sites is 1. The van der Waals surface area contributed by atoms with Crippen molar-refractivity contribution >= 4 is 17.7 Å². The molecule has 0 fully saturated rings. The summed E-state index contributed by atoms with van der Waals surface area (Å²) < 4.78 is 1.99. The number of nitrogens with one attached hydrogen (secondary N) is 1. The zero-order valence-corrected chi connectivity index (χ0v) is 17.9. The largest absolute Gasteiger partial charge is 0.322 e. The Kier molecular flexibility index (Phi) is 6.32. The maximum Gasteiger partial charge on any atom is 0.248 e. The zero-order valence-electron chi connectivity index (χ0n) is 17.9. The number of amides is 1. The molecule has 150 valence electrons. The van der Waals surface area contributed by atoms with Crippen LogP contribution in [0.3, 0.4) is 0 Å². The molecule has 29 heavy (non-hydrogen) atoms. The summed E-state index contributed by atoms with van der Waals surface area (Å²) in [7, 11) is 0. The van der Waals surface area contributed by atoms with Crippen LogP contribution in [0.2, 0.25) is 0 Å². The summed E-state index contributed by atoms with van der Waals surface area (Å²) in [6, 6.07) is 14.6. The van der Waals surface area contributed by atoms with Gasteiger partial charge in [-0.15, -0.1) is 0 Å². The van der Waals surface area contributed by atoms with E-state index in [0.717, 1.165) is 46.7 Å². The van der Waals surface area contributed by atoms with Crippen molar-refractivity contribution in [3.63, 3.8) is 0 Å². The third kappa shape index (κ3) is 4.83. The molecular weight excluding hydrogens is 358 g/mol. The van der Waals surface area contributed by atoms with E-state index in [1.165, 1.54) is 11.1 Å². The second kappa shape index (κ2) is 8.91. The van der Waals surface area contributed by atoms with Crippen LogP contribution in [-0.2, 0) is 17.8 Å². The van der Waals surface area contributed by atoms with Crippen molar-refractivity contribution in [1.29, 1.82) is 0 Å². The SMILES string of the molecule is CCc1cccc(C)c1NC(=O)/C=C/c1c(C)nn(Cc2ccc(C)cc2)c1C. The number of benzene rings is 2. The third-order valence-electron chi connectivity index (χ3n) is 5.28. The molecule has 0 unspecified atom stereocenters. The van der Waals surface area contributed by atoms with Crippen molar-refractivity contribution in [1.82, 2.24) is 9.78 Å². The number of anilines is 1. The topological polar surface area (TPSA) is 46.9 Å². The predicted octanol–water partition coefficient (Wildman–Crippen LogP) is 5.38. The fraction of sp³-hybridized carbons (Fsp3) is 0.280. The maximum absolute atomic E-state index is 12.5. The Morgan fingerprint density at radius 1 is 1.07 bits per heavy atom. The van der Waals surface area contributed by atoms with Crippen molar-refractivity contribution in [2.45, 2.75) is 47.6 Å². The summed E-state index contributed by atoms with van der Waals surface area (Å²) in [6.07, 6.45) is 4.34. The number of rotatable bonds is 6. The lowest BCUT2D eigenvalue weighted by molar-refractivity contribution is -0.111. The molecule has 0 aliphatic heterocycles. The highest BCUT2D eigenvalue weighted by molar-refractivity contribution is 6.03. The molecule has 0 spiro atoms. The summed E-state index contributed by atoms with van der Waals surface area (Å²) in [4.78, 5) is 12.5. The van der Waals surface area contributed by atoms with Crippen LogP contribution in [0.5, 0.6) is 0 Å². The standard InChI is InChI=1S/C25H29N3O/c1-6-22-9-7-8-18(3)25(22)26-24(29)15-14-23-19(4)27-28(20(23)5)16-21-12-10-17(2)11-13-21/h7-15H,6,16H2,1-5H3,(H,26,29)/b15-14+. The van der Waals surface area contributed by atoms with Crippen LogP contribution in [0.25, 0.3) is 6.08 Å². The summed E-state index contributed by atoms with van der Waals surface area (Å²) in [5.41, 5.74) is 8.55. The van der Waals surface area contributed by atoms with E-state index in [1.54, 1.807) is 6.08 Å². The van der Waals surface area contributed by atoms with E-state index in [-0.39, 0.29) is 5.91 Å². The normalized spacial score (nSPS) is 11.2. The molecule has 4 nitrogen and oxygen atoms in total. The van der Waals surface area contributed by atoms with Crippen LogP contribution in [0, 0.1) is 27.7 Å². The summed E-state index contributed by atoms with van der Waals surface area (Å²) in [5, 5.41) is 7.70. The maximum atomic E-state index is 12.5. The van der Waals surface area contributed by atoms with Gasteiger partial charge in [0.1, 0.15) is 0 Å². The lowest BCUT2D eigenvalue weighted by Crippen LogP contribution is -2.11. The van der Waals surface area contributed by atoms with E-state index < -0.39 is 0 Å². The number of nitrogens with zero attached hydrogens (tertiary/aromatic N) is 2. The number of carbonyl (C=O) groups is 1. The van der Waals surface area contributed by atoms with Gasteiger partial charge in [-0.2, -0.15) is 5.10 Å². The van der Waals surface area contributed by atoms with Gasteiger partial charge in [0.2, 0.25) is 5.91 Å². The number of hydrogen-bond donors (Lipinski definition) is 1. The van der Waals surface area contributed by atoms with E-state index in [9.17, 15) is 4.79 Å². The van der Waals surface area contributed by atoms with Crippen LogP contribution >= 0.6 is 0 Å². The van der Waals surface area contributed by atoms with Crippen molar-refractivity contribution in [2.75, 3.05) is 5.32 Å². The Morgan fingerprint density at radius 2 is 1.79 bits per heavy atom. The quantitative estimate of drug-likeness (QED) is 0.577. The van der Waals surface area contributed by atoms with E-state index in [4.69, 9.17) is 0 Å². The Morgan fingerprint density at radius 3 is 2.48 bits per heavy atom. The predicted molar refractivity (Wildman–Crippen MR) is 120 cm³/mol. The van der Waals surface area contributed by atoms with E-state index >= 15 is 0 Å². The van der Waals surface area contributed by atoms with Crippen molar-refractivity contribution in [2.24, 2.45) is 0 Å². The van der Waals surface area contributed by atoms with Crippen LogP contribution in [0.15, 0.2) is 48.5 Å². The summed E-state index contributed by atoms with van der Waals surface area (Å²) in [5.74, 6) is -0.126. The molecule has 1 amide bonds. The number of hydrogen-bond acceptors (Lipinski definition) is 2. The lowest BCUT2D eigenvalue weighted by Gasteiger charge is -2.11. The Hall–Kier alpha value is -3.14. The molecule has 0 saturated heterocycles. The minimum atomic E-state index is -0.126. The van der Waals surface area contributed by atoms with Gasteiger partial charge in [0.15, 0.2) is 0 Å². The average molecular weight is 388 g/mol. The molecule has 0 aliphatic rings. The highest BCUT2D eigenvalue weighted by Gasteiger charge is 2.11. The minimum absolute atomic E-state index is 0.126. The monoisotopic (exact) mass is 387 g/mol. The van der Waals surface area contributed by atoms with Gasteiger partial charge in [-0.25, -0.2) is 0 Å². The number of aryl methyl sites for hydroxylation is 4. The molecule has 1 aromatic heterocycles. The molecule has 0 aliphatic carbocycles. The van der Waals surface area contributed by atoms with Crippen LogP contribution in [0.1, 0.15) is 46.1 Å². The molecule has 1 heterocycles. The molecule has 3 rings (SSSR count). The average Bonchev–Trinajstić information content (AvgIpc) is 2.96. The number of aromatic nitrogens is 2. The first-order valence-corrected chi connectivity index (χ1v) is 10.1. The molecule has 0 bridgehead atoms. The van der Waals surface area contributed by atoms with E-state index in [0.29, 0.717) is 0 Å². The van der Waals surface area contributed by atoms with Crippen LogP contribution in [0.4, 0.5) is 5.69 Å². The van der Waals surface area contributed by atoms with Gasteiger partial charge in [0.25, 0.3) is 0 Å². The van der Waals surface area contributed by atoms with Gasteiger partial charge >= 0.3 is 0 Å². The smallest absolute Gasteiger partial charge is 0.248 e. The minimum Gasteiger partial charge on any atom is -0.322 e. The van der Waals surface area contributed by atoms with Gasteiger partial charge < -0.3 is 5.32 Å². The second-order valence-corrected chi connectivity index (χ2v) is 7.51. The summed E-state index contributed by atoms with van der Waals surface area (Å²) >= 11 is 0. The Bertz CT molecular complexity index is 1040. The first-order valence-electron chi connectivity index (χ1n) is 10.1. The lowest BCUT2D eigenvalue weighted by atomic mass is 10.1. The highest BCUT2D eigenvalue weighted by Crippen LogP contribution is 2.21. The van der Waals surface area contributed by atoms with Crippen molar-refractivity contribution < 1.29 is 4.79 Å². The van der Waals surface area contributed by atoms with Crippen molar-refractivity contribution in [3.8, 4) is 0 Å². The van der Waals surface area contributed by atoms with Gasteiger partial charge in [-0.05, 0) is 56.9 Å². The Labute approximate surface area is 173 Å². The molecule has 2 aromatic carbocycles. The van der Waals surface area contributed by atoms with E-state index in [1.807, 2.05) is 43.7 Å². The first kappa shape index (κ1) is 20.6. The highest BCUT2D eigenvalue weighted by atomic mass is 16.1. The molecule has 0 radical (unpaired) electrons. The fourth-order valence-corrected chi connectivity index (χ4v) is 3.50. The molecule has 0 saturated carbocycles. The fourth-order valence-electron chi connectivity index (χ4n) is 3.50.